The lowest BCUT2D eigenvalue weighted by molar-refractivity contribution is -0.132. The van der Waals surface area contributed by atoms with Crippen LogP contribution in [-0.4, -0.2) is 37.6 Å². The normalized spacial score (nSPS) is 12.4. The van der Waals surface area contributed by atoms with Crippen LogP contribution in [0.1, 0.15) is 24.4 Å². The van der Waals surface area contributed by atoms with Gasteiger partial charge in [-0.25, -0.2) is 0 Å². The van der Waals surface area contributed by atoms with Gasteiger partial charge in [-0.15, -0.1) is 0 Å². The molecule has 0 saturated carbocycles. The van der Waals surface area contributed by atoms with Crippen molar-refractivity contribution in [3.05, 3.63) is 23.7 Å². The predicted molar refractivity (Wildman–Crippen MR) is 69.0 cm³/mol. The van der Waals surface area contributed by atoms with E-state index in [1.165, 1.54) is 0 Å². The molecular formula is C13H22N2O3. The third kappa shape index (κ3) is 4.50. The van der Waals surface area contributed by atoms with Gasteiger partial charge in [0, 0.05) is 20.8 Å². The zero-order chi connectivity index (χ0) is 13.5. The van der Waals surface area contributed by atoms with Crippen LogP contribution in [-0.2, 0) is 16.1 Å². The molecule has 18 heavy (non-hydrogen) atoms. The highest BCUT2D eigenvalue weighted by Crippen LogP contribution is 2.10. The van der Waals surface area contributed by atoms with Crippen LogP contribution in [0.4, 0.5) is 0 Å². The SMILES string of the molecule is COCCCC(N)C(=O)N(C)Cc1ccc(C)o1. The first-order valence-corrected chi connectivity index (χ1v) is 6.09. The van der Waals surface area contributed by atoms with Gasteiger partial charge in [0.05, 0.1) is 12.6 Å². The van der Waals surface area contributed by atoms with Crippen LogP contribution in [0, 0.1) is 6.92 Å². The van der Waals surface area contributed by atoms with E-state index in [2.05, 4.69) is 0 Å². The summed E-state index contributed by atoms with van der Waals surface area (Å²) in [6.45, 7) is 2.95. The number of rotatable bonds is 7. The lowest BCUT2D eigenvalue weighted by Crippen LogP contribution is -2.41. The maximum Gasteiger partial charge on any atom is 0.239 e. The van der Waals surface area contributed by atoms with Gasteiger partial charge in [-0.2, -0.15) is 0 Å². The average molecular weight is 254 g/mol. The number of carbonyl (C=O) groups is 1. The Morgan fingerprint density at radius 2 is 2.28 bits per heavy atom. The van der Waals surface area contributed by atoms with Crippen LogP contribution in [0.5, 0.6) is 0 Å². The quantitative estimate of drug-likeness (QED) is 0.745. The second kappa shape index (κ2) is 7.18. The molecule has 0 aromatic carbocycles. The Morgan fingerprint density at radius 3 is 2.83 bits per heavy atom. The fourth-order valence-corrected chi connectivity index (χ4v) is 1.74. The molecule has 0 fully saturated rings. The van der Waals surface area contributed by atoms with Crippen molar-refractivity contribution in [1.29, 1.82) is 0 Å². The average Bonchev–Trinajstić information content (AvgIpc) is 2.73. The summed E-state index contributed by atoms with van der Waals surface area (Å²) in [5, 5.41) is 0. The number of nitrogens with zero attached hydrogens (tertiary/aromatic N) is 1. The van der Waals surface area contributed by atoms with Crippen LogP contribution in [0.2, 0.25) is 0 Å². The Hall–Kier alpha value is -1.33. The first-order valence-electron chi connectivity index (χ1n) is 6.09. The summed E-state index contributed by atoms with van der Waals surface area (Å²) >= 11 is 0. The van der Waals surface area contributed by atoms with E-state index < -0.39 is 6.04 Å². The van der Waals surface area contributed by atoms with Crippen LogP contribution in [0.3, 0.4) is 0 Å². The molecule has 0 aliphatic heterocycles. The van der Waals surface area contributed by atoms with Crippen molar-refractivity contribution in [1.82, 2.24) is 4.90 Å². The highest BCUT2D eigenvalue weighted by molar-refractivity contribution is 5.81. The Bertz CT molecular complexity index is 376. The second-order valence-corrected chi connectivity index (χ2v) is 4.45. The summed E-state index contributed by atoms with van der Waals surface area (Å²) in [4.78, 5) is 13.6. The van der Waals surface area contributed by atoms with E-state index in [0.717, 1.165) is 17.9 Å². The number of aryl methyl sites for hydroxylation is 1. The molecule has 0 bridgehead atoms. The predicted octanol–water partition coefficient (Wildman–Crippen LogP) is 1.30. The molecule has 0 radical (unpaired) electrons. The van der Waals surface area contributed by atoms with E-state index >= 15 is 0 Å². The smallest absolute Gasteiger partial charge is 0.239 e. The van der Waals surface area contributed by atoms with E-state index in [-0.39, 0.29) is 5.91 Å². The molecule has 1 aromatic rings. The number of ether oxygens (including phenoxy) is 1. The van der Waals surface area contributed by atoms with Gasteiger partial charge in [-0.05, 0) is 31.9 Å². The molecule has 1 unspecified atom stereocenters. The molecule has 1 amide bonds. The highest BCUT2D eigenvalue weighted by atomic mass is 16.5. The zero-order valence-corrected chi connectivity index (χ0v) is 11.3. The van der Waals surface area contributed by atoms with Gasteiger partial charge in [-0.3, -0.25) is 4.79 Å². The number of furan rings is 1. The number of nitrogens with two attached hydrogens (primary N) is 1. The number of hydrogen-bond donors (Lipinski definition) is 1. The van der Waals surface area contributed by atoms with E-state index in [4.69, 9.17) is 14.9 Å². The Balaban J connectivity index is 2.40. The molecule has 5 nitrogen and oxygen atoms in total. The molecule has 1 rings (SSSR count). The summed E-state index contributed by atoms with van der Waals surface area (Å²) in [6.07, 6.45) is 1.42. The standard InChI is InChI=1S/C13H22N2O3/c1-10-6-7-11(18-10)9-15(2)13(16)12(14)5-4-8-17-3/h6-7,12H,4-5,8-9,14H2,1-3H3. The van der Waals surface area contributed by atoms with E-state index in [1.54, 1.807) is 19.1 Å². The summed E-state index contributed by atoms with van der Waals surface area (Å²) in [7, 11) is 3.37. The topological polar surface area (TPSA) is 68.7 Å². The van der Waals surface area contributed by atoms with Crippen molar-refractivity contribution in [3.8, 4) is 0 Å². The number of amides is 1. The molecule has 0 spiro atoms. The number of methoxy groups -OCH3 is 1. The highest BCUT2D eigenvalue weighted by Gasteiger charge is 2.18. The van der Waals surface area contributed by atoms with Crippen molar-refractivity contribution in [2.24, 2.45) is 5.73 Å². The molecule has 1 atom stereocenters. The van der Waals surface area contributed by atoms with Crippen LogP contribution in [0.25, 0.3) is 0 Å². The van der Waals surface area contributed by atoms with Gasteiger partial charge >= 0.3 is 0 Å². The molecule has 1 aromatic heterocycles. The minimum Gasteiger partial charge on any atom is -0.464 e. The first kappa shape index (κ1) is 14.7. The zero-order valence-electron chi connectivity index (χ0n) is 11.3. The van der Waals surface area contributed by atoms with Crippen LogP contribution >= 0.6 is 0 Å². The molecule has 2 N–H and O–H groups in total. The van der Waals surface area contributed by atoms with Crippen molar-refractivity contribution in [3.63, 3.8) is 0 Å². The Kier molecular flexibility index (Phi) is 5.88. The Morgan fingerprint density at radius 1 is 1.56 bits per heavy atom. The van der Waals surface area contributed by atoms with E-state index in [1.807, 2.05) is 19.1 Å². The first-order chi connectivity index (χ1) is 8.54. The lowest BCUT2D eigenvalue weighted by Gasteiger charge is -2.20. The fraction of sp³-hybridized carbons (Fsp3) is 0.615. The molecule has 0 saturated heterocycles. The van der Waals surface area contributed by atoms with E-state index in [0.29, 0.717) is 19.6 Å². The fourth-order valence-electron chi connectivity index (χ4n) is 1.74. The van der Waals surface area contributed by atoms with Gasteiger partial charge in [0.15, 0.2) is 0 Å². The minimum absolute atomic E-state index is 0.0693. The van der Waals surface area contributed by atoms with Crippen molar-refractivity contribution < 1.29 is 13.9 Å². The van der Waals surface area contributed by atoms with Gasteiger partial charge < -0.3 is 19.8 Å². The molecule has 0 aliphatic rings. The van der Waals surface area contributed by atoms with Gasteiger partial charge in [0.2, 0.25) is 5.91 Å². The lowest BCUT2D eigenvalue weighted by atomic mass is 10.1. The summed E-state index contributed by atoms with van der Waals surface area (Å²) in [5.74, 6) is 1.54. The van der Waals surface area contributed by atoms with Crippen molar-refractivity contribution in [2.75, 3.05) is 20.8 Å². The maximum absolute atomic E-state index is 12.0. The molecule has 5 heteroatoms. The van der Waals surface area contributed by atoms with Crippen molar-refractivity contribution in [2.45, 2.75) is 32.4 Å². The van der Waals surface area contributed by atoms with Gasteiger partial charge in [-0.1, -0.05) is 0 Å². The summed E-state index contributed by atoms with van der Waals surface area (Å²) in [5.41, 5.74) is 5.84. The monoisotopic (exact) mass is 254 g/mol. The Labute approximate surface area is 108 Å². The molecule has 0 aliphatic carbocycles. The summed E-state index contributed by atoms with van der Waals surface area (Å²) in [6, 6.07) is 3.28. The maximum atomic E-state index is 12.0. The third-order valence-electron chi connectivity index (χ3n) is 2.75. The van der Waals surface area contributed by atoms with Gasteiger partial charge in [0.25, 0.3) is 0 Å². The second-order valence-electron chi connectivity index (χ2n) is 4.45. The van der Waals surface area contributed by atoms with E-state index in [9.17, 15) is 4.79 Å². The largest absolute Gasteiger partial charge is 0.464 e. The van der Waals surface area contributed by atoms with Crippen LogP contribution in [0.15, 0.2) is 16.5 Å². The van der Waals surface area contributed by atoms with Crippen LogP contribution < -0.4 is 5.73 Å². The van der Waals surface area contributed by atoms with Gasteiger partial charge in [0.1, 0.15) is 11.5 Å². The number of likely N-dealkylation sites (N-methyl/N-ethyl adjacent to an activating group) is 1. The summed E-state index contributed by atoms with van der Waals surface area (Å²) < 4.78 is 10.4. The molecule has 1 heterocycles. The third-order valence-corrected chi connectivity index (χ3v) is 2.75. The van der Waals surface area contributed by atoms with Crippen molar-refractivity contribution >= 4 is 5.91 Å². The number of carbonyl (C=O) groups excluding carboxylic acids is 1. The molecular weight excluding hydrogens is 232 g/mol. The number of hydrogen-bond acceptors (Lipinski definition) is 4. The minimum atomic E-state index is -0.471. The molecule has 102 valence electrons.